The first-order valence-electron chi connectivity index (χ1n) is 11.9. The molecule has 0 radical (unpaired) electrons. The molecule has 1 aromatic rings. The fraction of sp³-hybridized carbons (Fsp3) is 0.739. The molecule has 3 aliphatic heterocycles. The van der Waals surface area contributed by atoms with Crippen molar-refractivity contribution in [2.24, 2.45) is 0 Å². The van der Waals surface area contributed by atoms with Crippen LogP contribution in [0.4, 0.5) is 15.1 Å². The third-order valence-corrected chi connectivity index (χ3v) is 6.47. The molecule has 3 fully saturated rings. The van der Waals surface area contributed by atoms with Gasteiger partial charge >= 0.3 is 6.09 Å². The highest BCUT2D eigenvalue weighted by Gasteiger charge is 2.50. The van der Waals surface area contributed by atoms with Gasteiger partial charge in [0.2, 0.25) is 11.9 Å². The Balaban J connectivity index is 1.42. The van der Waals surface area contributed by atoms with Gasteiger partial charge in [0.05, 0.1) is 43.3 Å². The predicted octanol–water partition coefficient (Wildman–Crippen LogP) is 1.89. The fourth-order valence-electron chi connectivity index (χ4n) is 4.88. The van der Waals surface area contributed by atoms with Crippen molar-refractivity contribution in [3.63, 3.8) is 0 Å². The van der Waals surface area contributed by atoms with E-state index in [2.05, 4.69) is 15.3 Å². The van der Waals surface area contributed by atoms with Gasteiger partial charge in [-0.3, -0.25) is 4.79 Å². The summed E-state index contributed by atoms with van der Waals surface area (Å²) >= 11 is 0. The standard InChI is InChI=1S/C23H34FN5O5/c1-22(2,3)34-21(31)29-8-4-7-23(15-32-14-19(30)27-23)18(29)13-33-17-5-9-28(10-6-17)20-25-11-16(24)12-26-20/h11-12,17-18H,4-10,13-15H2,1-3H3,(H,27,30)/t18-,23+/m0/s1. The van der Waals surface area contributed by atoms with Crippen LogP contribution in [0.2, 0.25) is 0 Å². The molecule has 34 heavy (non-hydrogen) atoms. The first-order valence-corrected chi connectivity index (χ1v) is 11.9. The number of morpholine rings is 1. The summed E-state index contributed by atoms with van der Waals surface area (Å²) in [6, 6.07) is -0.404. The van der Waals surface area contributed by atoms with E-state index in [1.807, 2.05) is 25.7 Å². The molecule has 3 saturated heterocycles. The number of rotatable bonds is 4. The molecular formula is C23H34FN5O5. The van der Waals surface area contributed by atoms with Gasteiger partial charge in [0.15, 0.2) is 5.82 Å². The van der Waals surface area contributed by atoms with E-state index in [9.17, 15) is 14.0 Å². The molecule has 10 nitrogen and oxygen atoms in total. The van der Waals surface area contributed by atoms with Gasteiger partial charge in [0.25, 0.3) is 0 Å². The maximum atomic E-state index is 13.1. The van der Waals surface area contributed by atoms with E-state index < -0.39 is 29.1 Å². The minimum atomic E-state index is -0.701. The number of amides is 2. The minimum Gasteiger partial charge on any atom is -0.444 e. The van der Waals surface area contributed by atoms with Crippen molar-refractivity contribution in [2.75, 3.05) is 44.4 Å². The van der Waals surface area contributed by atoms with Crippen LogP contribution in [-0.2, 0) is 19.0 Å². The number of carbonyl (C=O) groups is 2. The number of nitrogens with zero attached hydrogens (tertiary/aromatic N) is 4. The second-order valence-corrected chi connectivity index (χ2v) is 10.2. The lowest BCUT2D eigenvalue weighted by Crippen LogP contribution is -2.72. The number of halogens is 1. The molecule has 0 aliphatic carbocycles. The maximum absolute atomic E-state index is 13.1. The Hall–Kier alpha value is -2.53. The Morgan fingerprint density at radius 3 is 2.62 bits per heavy atom. The van der Waals surface area contributed by atoms with Crippen LogP contribution in [0, 0.1) is 5.82 Å². The Bertz CT molecular complexity index is 867. The Morgan fingerprint density at radius 2 is 1.97 bits per heavy atom. The highest BCUT2D eigenvalue weighted by Crippen LogP contribution is 2.32. The van der Waals surface area contributed by atoms with E-state index in [-0.39, 0.29) is 25.2 Å². The van der Waals surface area contributed by atoms with Crippen LogP contribution >= 0.6 is 0 Å². The molecule has 1 N–H and O–H groups in total. The number of aromatic nitrogens is 2. The Kier molecular flexibility index (Phi) is 7.22. The number of carbonyl (C=O) groups excluding carboxylic acids is 2. The van der Waals surface area contributed by atoms with Crippen LogP contribution in [-0.4, -0.2) is 89.6 Å². The lowest BCUT2D eigenvalue weighted by atomic mass is 9.81. The van der Waals surface area contributed by atoms with Gasteiger partial charge in [-0.1, -0.05) is 0 Å². The summed E-state index contributed by atoms with van der Waals surface area (Å²) in [5, 5.41) is 3.10. The van der Waals surface area contributed by atoms with Crippen molar-refractivity contribution in [2.45, 2.75) is 69.7 Å². The molecule has 0 aromatic carbocycles. The van der Waals surface area contributed by atoms with E-state index in [0.29, 0.717) is 38.6 Å². The first kappa shape index (κ1) is 24.6. The van der Waals surface area contributed by atoms with Crippen molar-refractivity contribution in [3.8, 4) is 0 Å². The van der Waals surface area contributed by atoms with E-state index in [1.165, 1.54) is 12.4 Å². The molecule has 188 valence electrons. The SMILES string of the molecule is CC(C)(C)OC(=O)N1CCC[C@@]2(COCC(=O)N2)[C@@H]1COC1CCN(c2ncc(F)cn2)CC1. The average molecular weight is 480 g/mol. The van der Waals surface area contributed by atoms with Crippen LogP contribution in [0.3, 0.4) is 0 Å². The van der Waals surface area contributed by atoms with Crippen LogP contribution < -0.4 is 10.2 Å². The van der Waals surface area contributed by atoms with Crippen molar-refractivity contribution in [3.05, 3.63) is 18.2 Å². The van der Waals surface area contributed by atoms with Crippen LogP contribution in [0.1, 0.15) is 46.5 Å². The topological polar surface area (TPSA) is 106 Å². The summed E-state index contributed by atoms with van der Waals surface area (Å²) in [5.41, 5.74) is -1.33. The van der Waals surface area contributed by atoms with Gasteiger partial charge < -0.3 is 29.3 Å². The lowest BCUT2D eigenvalue weighted by Gasteiger charge is -2.51. The fourth-order valence-corrected chi connectivity index (χ4v) is 4.88. The van der Waals surface area contributed by atoms with Gasteiger partial charge in [-0.2, -0.15) is 0 Å². The smallest absolute Gasteiger partial charge is 0.410 e. The number of likely N-dealkylation sites (tertiary alicyclic amines) is 1. The molecular weight excluding hydrogens is 445 g/mol. The van der Waals surface area contributed by atoms with E-state index >= 15 is 0 Å². The first-order chi connectivity index (χ1) is 16.2. The van der Waals surface area contributed by atoms with Crippen molar-refractivity contribution >= 4 is 17.9 Å². The van der Waals surface area contributed by atoms with Crippen molar-refractivity contribution < 1.29 is 28.2 Å². The number of ether oxygens (including phenoxy) is 3. The molecule has 1 spiro atoms. The number of hydrogen-bond acceptors (Lipinski definition) is 8. The molecule has 4 heterocycles. The summed E-state index contributed by atoms with van der Waals surface area (Å²) in [7, 11) is 0. The third kappa shape index (κ3) is 5.75. The van der Waals surface area contributed by atoms with Crippen LogP contribution in [0.15, 0.2) is 12.4 Å². The summed E-state index contributed by atoms with van der Waals surface area (Å²) in [5.74, 6) is -0.143. The lowest BCUT2D eigenvalue weighted by molar-refractivity contribution is -0.144. The zero-order valence-electron chi connectivity index (χ0n) is 20.1. The third-order valence-electron chi connectivity index (χ3n) is 6.47. The molecule has 0 saturated carbocycles. The predicted molar refractivity (Wildman–Crippen MR) is 121 cm³/mol. The molecule has 1 aromatic heterocycles. The number of nitrogens with one attached hydrogen (secondary N) is 1. The summed E-state index contributed by atoms with van der Waals surface area (Å²) < 4.78 is 30.7. The second kappa shape index (κ2) is 9.99. The van der Waals surface area contributed by atoms with E-state index in [4.69, 9.17) is 14.2 Å². The number of piperidine rings is 2. The highest BCUT2D eigenvalue weighted by atomic mass is 19.1. The summed E-state index contributed by atoms with van der Waals surface area (Å²) in [6.45, 7) is 8.00. The van der Waals surface area contributed by atoms with Gasteiger partial charge in [0.1, 0.15) is 12.2 Å². The Morgan fingerprint density at radius 1 is 1.26 bits per heavy atom. The van der Waals surface area contributed by atoms with Gasteiger partial charge in [-0.25, -0.2) is 19.2 Å². The maximum Gasteiger partial charge on any atom is 0.410 e. The number of anilines is 1. The molecule has 11 heteroatoms. The zero-order chi connectivity index (χ0) is 24.3. The Labute approximate surface area is 199 Å². The van der Waals surface area contributed by atoms with Gasteiger partial charge in [0, 0.05) is 19.6 Å². The molecule has 3 aliphatic rings. The summed E-state index contributed by atoms with van der Waals surface area (Å²) in [6.07, 6.45) is 4.82. The molecule has 0 bridgehead atoms. The normalized spacial score (nSPS) is 26.5. The largest absolute Gasteiger partial charge is 0.444 e. The average Bonchev–Trinajstić information content (AvgIpc) is 2.78. The molecule has 2 atom stereocenters. The molecule has 0 unspecified atom stereocenters. The van der Waals surface area contributed by atoms with Crippen molar-refractivity contribution in [1.82, 2.24) is 20.2 Å². The van der Waals surface area contributed by atoms with Crippen LogP contribution in [0.5, 0.6) is 0 Å². The zero-order valence-corrected chi connectivity index (χ0v) is 20.1. The van der Waals surface area contributed by atoms with Crippen LogP contribution in [0.25, 0.3) is 0 Å². The van der Waals surface area contributed by atoms with E-state index in [1.54, 1.807) is 4.90 Å². The molecule has 4 rings (SSSR count). The highest BCUT2D eigenvalue weighted by molar-refractivity contribution is 5.79. The van der Waals surface area contributed by atoms with Gasteiger partial charge in [-0.15, -0.1) is 0 Å². The van der Waals surface area contributed by atoms with E-state index in [0.717, 1.165) is 19.3 Å². The monoisotopic (exact) mass is 479 g/mol. The van der Waals surface area contributed by atoms with Crippen molar-refractivity contribution in [1.29, 1.82) is 0 Å². The van der Waals surface area contributed by atoms with Gasteiger partial charge in [-0.05, 0) is 46.5 Å². The molecule has 2 amide bonds. The quantitative estimate of drug-likeness (QED) is 0.698. The minimum absolute atomic E-state index is 0.0172. The second-order valence-electron chi connectivity index (χ2n) is 10.2. The number of hydrogen-bond donors (Lipinski definition) is 1. The summed E-state index contributed by atoms with van der Waals surface area (Å²) in [4.78, 5) is 37.1.